The van der Waals surface area contributed by atoms with Crippen LogP contribution in [0.25, 0.3) is 0 Å². The zero-order chi connectivity index (χ0) is 16.1. The van der Waals surface area contributed by atoms with E-state index in [-0.39, 0.29) is 24.0 Å². The average Bonchev–Trinajstić information content (AvgIpc) is 3.03. The van der Waals surface area contributed by atoms with Crippen LogP contribution >= 0.6 is 11.8 Å². The lowest BCUT2D eigenvalue weighted by Gasteiger charge is -2.20. The van der Waals surface area contributed by atoms with Crippen LogP contribution in [0.1, 0.15) is 20.7 Å². The highest BCUT2D eigenvalue weighted by Gasteiger charge is 2.32. The maximum absolute atomic E-state index is 12.2. The molecule has 2 aromatic carbocycles. The maximum atomic E-state index is 12.2. The van der Waals surface area contributed by atoms with E-state index in [4.69, 9.17) is 4.74 Å². The summed E-state index contributed by atoms with van der Waals surface area (Å²) in [5.74, 6) is 0.944. The zero-order valence-electron chi connectivity index (χ0n) is 12.5. The molecule has 118 valence electrons. The fraction of sp³-hybridized carbons (Fsp3) is 0.222. The summed E-state index contributed by atoms with van der Waals surface area (Å²) < 4.78 is 5.57. The second kappa shape index (κ2) is 7.33. The molecule has 5 heteroatoms. The van der Waals surface area contributed by atoms with Gasteiger partial charge in [-0.2, -0.15) is 11.8 Å². The van der Waals surface area contributed by atoms with Crippen molar-refractivity contribution in [2.24, 2.45) is 0 Å². The Bertz CT molecular complexity index is 616. The van der Waals surface area contributed by atoms with Crippen LogP contribution in [0.15, 0.2) is 60.7 Å². The molecule has 2 atom stereocenters. The van der Waals surface area contributed by atoms with E-state index in [2.05, 4.69) is 5.32 Å². The van der Waals surface area contributed by atoms with E-state index in [0.717, 1.165) is 5.75 Å². The Kier molecular flexibility index (Phi) is 4.98. The second-order valence-corrected chi connectivity index (χ2v) is 6.37. The van der Waals surface area contributed by atoms with Gasteiger partial charge in [0.1, 0.15) is 6.10 Å². The predicted octanol–water partition coefficient (Wildman–Crippen LogP) is 2.76. The molecule has 0 radical (unpaired) electrons. The van der Waals surface area contributed by atoms with Crippen LogP contribution in [0.5, 0.6) is 0 Å². The zero-order valence-corrected chi connectivity index (χ0v) is 13.3. The topological polar surface area (TPSA) is 55.4 Å². The van der Waals surface area contributed by atoms with Gasteiger partial charge >= 0.3 is 5.97 Å². The molecule has 0 aliphatic carbocycles. The van der Waals surface area contributed by atoms with E-state index in [9.17, 15) is 9.59 Å². The summed E-state index contributed by atoms with van der Waals surface area (Å²) >= 11 is 1.67. The van der Waals surface area contributed by atoms with Gasteiger partial charge in [-0.25, -0.2) is 4.79 Å². The third kappa shape index (κ3) is 3.93. The molecule has 2 aromatic rings. The van der Waals surface area contributed by atoms with Crippen molar-refractivity contribution in [3.63, 3.8) is 0 Å². The molecule has 1 saturated heterocycles. The van der Waals surface area contributed by atoms with E-state index in [1.54, 1.807) is 48.2 Å². The van der Waals surface area contributed by atoms with Crippen LogP contribution < -0.4 is 5.32 Å². The van der Waals surface area contributed by atoms with Crippen LogP contribution in [-0.4, -0.2) is 35.5 Å². The summed E-state index contributed by atoms with van der Waals surface area (Å²) in [6.45, 7) is 0. The summed E-state index contributed by atoms with van der Waals surface area (Å²) in [5.41, 5.74) is 1.13. The second-order valence-electron chi connectivity index (χ2n) is 5.29. The minimum absolute atomic E-state index is 0.140. The smallest absolute Gasteiger partial charge is 0.338 e. The molecule has 0 spiro atoms. The molecule has 1 heterocycles. The first-order chi connectivity index (χ1) is 11.2. The molecular weight excluding hydrogens is 310 g/mol. The van der Waals surface area contributed by atoms with E-state index in [1.807, 2.05) is 24.3 Å². The number of ether oxygens (including phenoxy) is 1. The summed E-state index contributed by atoms with van der Waals surface area (Å²) in [6.07, 6.45) is -0.305. The lowest BCUT2D eigenvalue weighted by molar-refractivity contribution is 0.0293. The molecule has 0 aromatic heterocycles. The Balaban J connectivity index is 1.62. The molecule has 4 nitrogen and oxygen atoms in total. The number of thioether (sulfide) groups is 1. The molecule has 3 rings (SSSR count). The van der Waals surface area contributed by atoms with Gasteiger partial charge in [-0.1, -0.05) is 36.4 Å². The first-order valence-electron chi connectivity index (χ1n) is 7.44. The van der Waals surface area contributed by atoms with Crippen molar-refractivity contribution in [3.05, 3.63) is 71.8 Å². The fourth-order valence-electron chi connectivity index (χ4n) is 2.41. The minimum Gasteiger partial charge on any atom is -0.456 e. The molecule has 0 saturated carbocycles. The number of hydrogen-bond acceptors (Lipinski definition) is 4. The van der Waals surface area contributed by atoms with Crippen molar-refractivity contribution in [1.82, 2.24) is 5.32 Å². The summed E-state index contributed by atoms with van der Waals surface area (Å²) in [4.78, 5) is 24.4. The standard InChI is InChI=1S/C18H17NO3S/c20-17(13-7-3-1-4-8-13)19-15-11-23-12-16(15)22-18(21)14-9-5-2-6-10-14/h1-10,15-16H,11-12H2,(H,19,20)/t15-,16-/m0/s1. The number of nitrogens with one attached hydrogen (secondary N) is 1. The number of benzene rings is 2. The lowest BCUT2D eigenvalue weighted by atomic mass is 10.1. The number of amides is 1. The summed E-state index contributed by atoms with van der Waals surface area (Å²) in [7, 11) is 0. The quantitative estimate of drug-likeness (QED) is 0.878. The Labute approximate surface area is 139 Å². The van der Waals surface area contributed by atoms with Crippen molar-refractivity contribution < 1.29 is 14.3 Å². The molecule has 1 N–H and O–H groups in total. The predicted molar refractivity (Wildman–Crippen MR) is 90.7 cm³/mol. The molecule has 0 bridgehead atoms. The monoisotopic (exact) mass is 327 g/mol. The molecule has 23 heavy (non-hydrogen) atoms. The molecule has 1 amide bonds. The highest BCUT2D eigenvalue weighted by atomic mass is 32.2. The number of hydrogen-bond donors (Lipinski definition) is 1. The van der Waals surface area contributed by atoms with Gasteiger partial charge in [0.15, 0.2) is 0 Å². The SMILES string of the molecule is O=C(N[C@H]1CSC[C@@H]1OC(=O)c1ccccc1)c1ccccc1. The average molecular weight is 327 g/mol. The third-order valence-electron chi connectivity index (χ3n) is 3.65. The number of carbonyl (C=O) groups excluding carboxylic acids is 2. The van der Waals surface area contributed by atoms with Gasteiger partial charge in [0.2, 0.25) is 0 Å². The highest BCUT2D eigenvalue weighted by molar-refractivity contribution is 7.99. The van der Waals surface area contributed by atoms with Crippen LogP contribution in [0.4, 0.5) is 0 Å². The first-order valence-corrected chi connectivity index (χ1v) is 8.59. The van der Waals surface area contributed by atoms with Crippen molar-refractivity contribution >= 4 is 23.6 Å². The first kappa shape index (κ1) is 15.6. The molecular formula is C18H17NO3S. The van der Waals surface area contributed by atoms with Gasteiger partial charge in [0.25, 0.3) is 5.91 Å². The number of rotatable bonds is 4. The lowest BCUT2D eigenvalue weighted by Crippen LogP contribution is -2.44. The molecule has 1 aliphatic heterocycles. The van der Waals surface area contributed by atoms with Gasteiger partial charge in [0, 0.05) is 17.1 Å². The van der Waals surface area contributed by atoms with Crippen LogP contribution in [0.2, 0.25) is 0 Å². The van der Waals surface area contributed by atoms with Crippen molar-refractivity contribution in [2.45, 2.75) is 12.1 Å². The van der Waals surface area contributed by atoms with Crippen molar-refractivity contribution in [3.8, 4) is 0 Å². The molecule has 1 fully saturated rings. The molecule has 0 unspecified atom stereocenters. The Morgan fingerprint density at radius 1 is 0.913 bits per heavy atom. The van der Waals surface area contributed by atoms with E-state index < -0.39 is 0 Å². The summed E-state index contributed by atoms with van der Waals surface area (Å²) in [5, 5.41) is 2.97. The fourth-order valence-corrected chi connectivity index (χ4v) is 3.63. The Morgan fingerprint density at radius 2 is 1.52 bits per heavy atom. The number of esters is 1. The Morgan fingerprint density at radius 3 is 2.17 bits per heavy atom. The van der Waals surface area contributed by atoms with E-state index >= 15 is 0 Å². The maximum Gasteiger partial charge on any atom is 0.338 e. The largest absolute Gasteiger partial charge is 0.456 e. The van der Waals surface area contributed by atoms with Crippen molar-refractivity contribution in [2.75, 3.05) is 11.5 Å². The van der Waals surface area contributed by atoms with Gasteiger partial charge in [-0.15, -0.1) is 0 Å². The van der Waals surface area contributed by atoms with Crippen molar-refractivity contribution in [1.29, 1.82) is 0 Å². The summed E-state index contributed by atoms with van der Waals surface area (Å²) in [6, 6.07) is 17.8. The van der Waals surface area contributed by atoms with Crippen LogP contribution in [0.3, 0.4) is 0 Å². The van der Waals surface area contributed by atoms with Gasteiger partial charge < -0.3 is 10.1 Å². The highest BCUT2D eigenvalue weighted by Crippen LogP contribution is 2.22. The van der Waals surface area contributed by atoms with Gasteiger partial charge in [0.05, 0.1) is 11.6 Å². The van der Waals surface area contributed by atoms with E-state index in [1.165, 1.54) is 0 Å². The number of carbonyl (C=O) groups is 2. The van der Waals surface area contributed by atoms with Gasteiger partial charge in [-0.3, -0.25) is 4.79 Å². The van der Waals surface area contributed by atoms with Crippen LogP contribution in [-0.2, 0) is 4.74 Å². The van der Waals surface area contributed by atoms with Crippen LogP contribution in [0, 0.1) is 0 Å². The Hall–Kier alpha value is -2.27. The molecule has 1 aliphatic rings. The van der Waals surface area contributed by atoms with Gasteiger partial charge in [-0.05, 0) is 24.3 Å². The normalized spacial score (nSPS) is 20.0. The third-order valence-corrected chi connectivity index (χ3v) is 4.81. The van der Waals surface area contributed by atoms with E-state index in [0.29, 0.717) is 16.9 Å². The minimum atomic E-state index is -0.350.